The highest BCUT2D eigenvalue weighted by atomic mass is 16.5. The Morgan fingerprint density at radius 3 is 2.86 bits per heavy atom. The molecule has 0 aliphatic rings. The Bertz CT molecular complexity index is 854. The molecule has 6 heteroatoms. The van der Waals surface area contributed by atoms with Crippen molar-refractivity contribution >= 4 is 23.2 Å². The molecule has 0 unspecified atom stereocenters. The SMILES string of the molecule is COC(=O)c1cccc(NC(=O)c2ccc3nccn3c2)c1. The van der Waals surface area contributed by atoms with Gasteiger partial charge in [-0.2, -0.15) is 0 Å². The highest BCUT2D eigenvalue weighted by Gasteiger charge is 2.10. The van der Waals surface area contributed by atoms with Crippen molar-refractivity contribution in [3.63, 3.8) is 0 Å². The van der Waals surface area contributed by atoms with Gasteiger partial charge in [-0.05, 0) is 30.3 Å². The number of hydrogen-bond donors (Lipinski definition) is 1. The lowest BCUT2D eigenvalue weighted by Gasteiger charge is -2.07. The first kappa shape index (κ1) is 13.8. The van der Waals surface area contributed by atoms with Crippen LogP contribution in [0.2, 0.25) is 0 Å². The lowest BCUT2D eigenvalue weighted by molar-refractivity contribution is 0.0600. The van der Waals surface area contributed by atoms with Crippen LogP contribution >= 0.6 is 0 Å². The number of aromatic nitrogens is 2. The van der Waals surface area contributed by atoms with Crippen molar-refractivity contribution in [2.24, 2.45) is 0 Å². The zero-order valence-corrected chi connectivity index (χ0v) is 11.8. The van der Waals surface area contributed by atoms with Gasteiger partial charge in [0.2, 0.25) is 0 Å². The number of anilines is 1. The Labute approximate surface area is 126 Å². The van der Waals surface area contributed by atoms with E-state index in [1.807, 2.05) is 0 Å². The number of nitrogens with one attached hydrogen (secondary N) is 1. The third-order valence-electron chi connectivity index (χ3n) is 3.19. The molecule has 0 spiro atoms. The van der Waals surface area contributed by atoms with E-state index in [2.05, 4.69) is 15.0 Å². The van der Waals surface area contributed by atoms with E-state index in [9.17, 15) is 9.59 Å². The van der Waals surface area contributed by atoms with Gasteiger partial charge < -0.3 is 14.5 Å². The molecule has 0 aliphatic carbocycles. The Morgan fingerprint density at radius 1 is 1.18 bits per heavy atom. The van der Waals surface area contributed by atoms with Gasteiger partial charge in [0.1, 0.15) is 5.65 Å². The molecule has 22 heavy (non-hydrogen) atoms. The van der Waals surface area contributed by atoms with Gasteiger partial charge in [-0.25, -0.2) is 9.78 Å². The molecule has 1 aromatic carbocycles. The molecule has 1 amide bonds. The van der Waals surface area contributed by atoms with Gasteiger partial charge in [-0.15, -0.1) is 0 Å². The fourth-order valence-corrected chi connectivity index (χ4v) is 2.10. The molecular weight excluding hydrogens is 282 g/mol. The Hall–Kier alpha value is -3.15. The van der Waals surface area contributed by atoms with Gasteiger partial charge in [0, 0.05) is 24.3 Å². The predicted octanol–water partition coefficient (Wildman–Crippen LogP) is 2.37. The van der Waals surface area contributed by atoms with Crippen LogP contribution in [0, 0.1) is 0 Å². The van der Waals surface area contributed by atoms with Crippen LogP contribution in [-0.2, 0) is 4.74 Å². The van der Waals surface area contributed by atoms with Crippen LogP contribution in [0.1, 0.15) is 20.7 Å². The summed E-state index contributed by atoms with van der Waals surface area (Å²) < 4.78 is 6.42. The van der Waals surface area contributed by atoms with E-state index >= 15 is 0 Å². The van der Waals surface area contributed by atoms with Gasteiger partial charge in [0.05, 0.1) is 18.2 Å². The first-order chi connectivity index (χ1) is 10.7. The first-order valence-electron chi connectivity index (χ1n) is 6.60. The number of nitrogens with zero attached hydrogens (tertiary/aromatic N) is 2. The monoisotopic (exact) mass is 295 g/mol. The highest BCUT2D eigenvalue weighted by molar-refractivity contribution is 6.04. The lowest BCUT2D eigenvalue weighted by Crippen LogP contribution is -2.13. The number of imidazole rings is 1. The maximum Gasteiger partial charge on any atom is 0.337 e. The highest BCUT2D eigenvalue weighted by Crippen LogP contribution is 2.13. The van der Waals surface area contributed by atoms with E-state index in [4.69, 9.17) is 0 Å². The summed E-state index contributed by atoms with van der Waals surface area (Å²) in [4.78, 5) is 27.9. The normalized spacial score (nSPS) is 10.4. The molecule has 3 aromatic rings. The summed E-state index contributed by atoms with van der Waals surface area (Å²) in [5.74, 6) is -0.714. The number of fused-ring (bicyclic) bond motifs is 1. The topological polar surface area (TPSA) is 72.7 Å². The maximum atomic E-state index is 12.3. The summed E-state index contributed by atoms with van der Waals surface area (Å²) in [6.45, 7) is 0. The van der Waals surface area contributed by atoms with E-state index in [0.717, 1.165) is 5.65 Å². The van der Waals surface area contributed by atoms with Crippen molar-refractivity contribution in [3.05, 3.63) is 66.1 Å². The summed E-state index contributed by atoms with van der Waals surface area (Å²) in [5, 5.41) is 2.75. The molecule has 6 nitrogen and oxygen atoms in total. The summed E-state index contributed by atoms with van der Waals surface area (Å²) in [6.07, 6.45) is 5.13. The molecular formula is C16H13N3O3. The van der Waals surface area contributed by atoms with Crippen molar-refractivity contribution in [3.8, 4) is 0 Å². The number of esters is 1. The molecule has 0 radical (unpaired) electrons. The van der Waals surface area contributed by atoms with Crippen LogP contribution in [0.3, 0.4) is 0 Å². The quantitative estimate of drug-likeness (QED) is 0.753. The van der Waals surface area contributed by atoms with Crippen LogP contribution in [0.4, 0.5) is 5.69 Å². The smallest absolute Gasteiger partial charge is 0.337 e. The molecule has 0 saturated heterocycles. The van der Waals surface area contributed by atoms with Crippen LogP contribution in [0.15, 0.2) is 55.0 Å². The number of pyridine rings is 1. The average Bonchev–Trinajstić information content (AvgIpc) is 3.01. The molecule has 110 valence electrons. The third kappa shape index (κ3) is 2.67. The fourth-order valence-electron chi connectivity index (χ4n) is 2.10. The molecule has 2 heterocycles. The zero-order valence-electron chi connectivity index (χ0n) is 11.8. The van der Waals surface area contributed by atoms with E-state index in [-0.39, 0.29) is 5.91 Å². The van der Waals surface area contributed by atoms with E-state index in [0.29, 0.717) is 16.8 Å². The predicted molar refractivity (Wildman–Crippen MR) is 80.9 cm³/mol. The fraction of sp³-hybridized carbons (Fsp3) is 0.0625. The Kier molecular flexibility index (Phi) is 3.57. The molecule has 0 fully saturated rings. The molecule has 0 bridgehead atoms. The molecule has 0 aliphatic heterocycles. The van der Waals surface area contributed by atoms with Gasteiger partial charge in [0.25, 0.3) is 5.91 Å². The van der Waals surface area contributed by atoms with Gasteiger partial charge in [-0.1, -0.05) is 6.07 Å². The number of carbonyl (C=O) groups is 2. The Morgan fingerprint density at radius 2 is 2.05 bits per heavy atom. The Balaban J connectivity index is 1.83. The molecule has 0 atom stereocenters. The van der Waals surface area contributed by atoms with Crippen molar-refractivity contribution in [1.82, 2.24) is 9.38 Å². The number of carbonyl (C=O) groups excluding carboxylic acids is 2. The minimum absolute atomic E-state index is 0.266. The van der Waals surface area contributed by atoms with Crippen molar-refractivity contribution in [1.29, 1.82) is 0 Å². The van der Waals surface area contributed by atoms with Crippen molar-refractivity contribution < 1.29 is 14.3 Å². The largest absolute Gasteiger partial charge is 0.465 e. The second-order valence-corrected chi connectivity index (χ2v) is 4.64. The number of methoxy groups -OCH3 is 1. The number of ether oxygens (including phenoxy) is 1. The zero-order chi connectivity index (χ0) is 15.5. The standard InChI is InChI=1S/C16H13N3O3/c1-22-16(21)11-3-2-4-13(9-11)18-15(20)12-5-6-14-17-7-8-19(14)10-12/h2-10H,1H3,(H,18,20). The van der Waals surface area contributed by atoms with Crippen LogP contribution in [0.5, 0.6) is 0 Å². The number of amides is 1. The van der Waals surface area contributed by atoms with Gasteiger partial charge in [0.15, 0.2) is 0 Å². The molecule has 2 aromatic heterocycles. The number of hydrogen-bond acceptors (Lipinski definition) is 4. The van der Waals surface area contributed by atoms with Crippen LogP contribution in [0.25, 0.3) is 5.65 Å². The summed E-state index contributed by atoms with van der Waals surface area (Å²) >= 11 is 0. The second-order valence-electron chi connectivity index (χ2n) is 4.64. The van der Waals surface area contributed by atoms with Gasteiger partial charge in [-0.3, -0.25) is 4.79 Å². The summed E-state index contributed by atoms with van der Waals surface area (Å²) in [6, 6.07) is 10.0. The minimum atomic E-state index is -0.448. The minimum Gasteiger partial charge on any atom is -0.465 e. The first-order valence-corrected chi connectivity index (χ1v) is 6.60. The second kappa shape index (κ2) is 5.69. The number of rotatable bonds is 3. The van der Waals surface area contributed by atoms with Crippen molar-refractivity contribution in [2.45, 2.75) is 0 Å². The average molecular weight is 295 g/mol. The van der Waals surface area contributed by atoms with E-state index in [1.165, 1.54) is 7.11 Å². The van der Waals surface area contributed by atoms with Gasteiger partial charge >= 0.3 is 5.97 Å². The van der Waals surface area contributed by atoms with Crippen molar-refractivity contribution in [2.75, 3.05) is 12.4 Å². The maximum absolute atomic E-state index is 12.3. The summed E-state index contributed by atoms with van der Waals surface area (Å²) in [5.41, 5.74) is 2.17. The molecule has 1 N–H and O–H groups in total. The van der Waals surface area contributed by atoms with Crippen LogP contribution in [-0.4, -0.2) is 28.4 Å². The van der Waals surface area contributed by atoms with E-state index < -0.39 is 5.97 Å². The molecule has 3 rings (SSSR count). The number of benzene rings is 1. The summed E-state index contributed by atoms with van der Waals surface area (Å²) in [7, 11) is 1.31. The lowest BCUT2D eigenvalue weighted by atomic mass is 10.2. The van der Waals surface area contributed by atoms with E-state index in [1.54, 1.807) is 59.4 Å². The molecule has 0 saturated carbocycles. The van der Waals surface area contributed by atoms with Crippen LogP contribution < -0.4 is 5.32 Å². The third-order valence-corrected chi connectivity index (χ3v) is 3.19.